The number of aliphatic hydroxyl groups is 4. The van der Waals surface area contributed by atoms with Crippen molar-refractivity contribution in [3.05, 3.63) is 11.6 Å². The second-order valence-electron chi connectivity index (χ2n) is 12.1. The number of ketones is 2. The summed E-state index contributed by atoms with van der Waals surface area (Å²) in [6.07, 6.45) is 4.17. The largest absolute Gasteiger partial charge is 0.393 e. The fraction of sp³-hybridized carbons (Fsp3) is 0.846. The van der Waals surface area contributed by atoms with Crippen LogP contribution in [0.15, 0.2) is 11.6 Å². The maximum Gasteiger partial charge on any atom is 0.159 e. The predicted octanol–water partition coefficient (Wildman–Crippen LogP) is 1.22. The molecule has 1 aliphatic heterocycles. The molecule has 0 aromatic carbocycles. The minimum Gasteiger partial charge on any atom is -0.393 e. The van der Waals surface area contributed by atoms with Crippen molar-refractivity contribution in [2.45, 2.75) is 89.1 Å². The highest BCUT2D eigenvalue weighted by molar-refractivity contribution is 5.95. The number of allylic oxidation sites excluding steroid dienone is 1. The van der Waals surface area contributed by atoms with Crippen LogP contribution >= 0.6 is 0 Å². The lowest BCUT2D eigenvalue weighted by Crippen LogP contribution is -2.61. The summed E-state index contributed by atoms with van der Waals surface area (Å²) < 4.78 is 0. The zero-order valence-electron chi connectivity index (χ0n) is 19.9. The molecular weight excluding hydrogens is 422 g/mol. The molecule has 5 aliphatic rings. The van der Waals surface area contributed by atoms with Crippen molar-refractivity contribution >= 4 is 11.6 Å². The van der Waals surface area contributed by atoms with Gasteiger partial charge in [-0.2, -0.15) is 0 Å². The Bertz CT molecular complexity index is 865. The van der Waals surface area contributed by atoms with Crippen LogP contribution in [0.3, 0.4) is 0 Å². The molecule has 1 saturated heterocycles. The van der Waals surface area contributed by atoms with Crippen LogP contribution in [0.4, 0.5) is 0 Å². The first kappa shape index (κ1) is 23.6. The molecule has 3 saturated carbocycles. The summed E-state index contributed by atoms with van der Waals surface area (Å²) in [6, 6.07) is 0. The standard InChI is InChI=1S/C26H39NO6/c1-24-13-22(31)21(30)12-19(24)20(29)11-18-16(24)3-7-25(2)17(4-8-26(18,25)33)23(32)14-27-9-5-15(28)6-10-27/h11,15-17,19,21-22,28,30-31,33H,3-10,12-14H2,1-2H3/t16?,17?,19?,21?,22-,24?,25?,26?/m0/s1. The molecule has 7 unspecified atom stereocenters. The SMILES string of the molecule is CC12C[C@H](O)C(O)CC1C(=O)C=C1C2CCC2(C)C(C(=O)CN3CCC(O)CC3)CCC12O. The maximum atomic E-state index is 13.4. The van der Waals surface area contributed by atoms with Crippen molar-refractivity contribution in [1.82, 2.24) is 4.90 Å². The van der Waals surface area contributed by atoms with Gasteiger partial charge in [-0.1, -0.05) is 13.8 Å². The van der Waals surface area contributed by atoms with Gasteiger partial charge in [-0.15, -0.1) is 0 Å². The molecule has 4 N–H and O–H groups in total. The number of likely N-dealkylation sites (tertiary alicyclic amines) is 1. The molecule has 5 rings (SSSR count). The van der Waals surface area contributed by atoms with E-state index in [-0.39, 0.29) is 41.8 Å². The first-order valence-electron chi connectivity index (χ1n) is 12.8. The average Bonchev–Trinajstić information content (AvgIpc) is 3.04. The normalized spacial score (nSPS) is 48.6. The van der Waals surface area contributed by atoms with Crippen LogP contribution in [-0.2, 0) is 9.59 Å². The Morgan fingerprint density at radius 3 is 2.42 bits per heavy atom. The molecule has 4 aliphatic carbocycles. The molecule has 8 atom stereocenters. The van der Waals surface area contributed by atoms with E-state index in [1.54, 1.807) is 6.08 Å². The summed E-state index contributed by atoms with van der Waals surface area (Å²) in [7, 11) is 0. The topological polar surface area (TPSA) is 118 Å². The summed E-state index contributed by atoms with van der Waals surface area (Å²) in [5.74, 6) is -0.528. The molecule has 33 heavy (non-hydrogen) atoms. The van der Waals surface area contributed by atoms with Gasteiger partial charge in [0.15, 0.2) is 11.6 Å². The Kier molecular flexibility index (Phi) is 5.69. The molecule has 1 heterocycles. The second kappa shape index (κ2) is 7.95. The van der Waals surface area contributed by atoms with Crippen LogP contribution in [-0.4, -0.2) is 80.4 Å². The molecule has 0 bridgehead atoms. The van der Waals surface area contributed by atoms with E-state index < -0.39 is 28.6 Å². The summed E-state index contributed by atoms with van der Waals surface area (Å²) in [5.41, 5.74) is -1.54. The highest BCUT2D eigenvalue weighted by Gasteiger charge is 2.67. The maximum absolute atomic E-state index is 13.4. The Morgan fingerprint density at radius 1 is 1.03 bits per heavy atom. The van der Waals surface area contributed by atoms with E-state index in [0.717, 1.165) is 25.1 Å². The third kappa shape index (κ3) is 3.41. The molecule has 7 nitrogen and oxygen atoms in total. The number of fused-ring (bicyclic) bond motifs is 5. The lowest BCUT2D eigenvalue weighted by molar-refractivity contribution is -0.154. The Hall–Kier alpha value is -1.12. The first-order chi connectivity index (χ1) is 15.5. The van der Waals surface area contributed by atoms with Gasteiger partial charge in [0.25, 0.3) is 0 Å². The number of hydrogen-bond donors (Lipinski definition) is 4. The van der Waals surface area contributed by atoms with Crippen molar-refractivity contribution in [3.8, 4) is 0 Å². The molecular formula is C26H39NO6. The number of piperidine rings is 1. The van der Waals surface area contributed by atoms with E-state index in [1.807, 2.05) is 13.8 Å². The number of carbonyl (C=O) groups excluding carboxylic acids is 2. The van der Waals surface area contributed by atoms with E-state index in [9.17, 15) is 30.0 Å². The number of rotatable bonds is 3. The fourth-order valence-corrected chi connectivity index (χ4v) is 8.29. The first-order valence-corrected chi connectivity index (χ1v) is 12.8. The van der Waals surface area contributed by atoms with Gasteiger partial charge < -0.3 is 20.4 Å². The molecule has 0 spiro atoms. The molecule has 0 aromatic rings. The van der Waals surface area contributed by atoms with Crippen molar-refractivity contribution in [1.29, 1.82) is 0 Å². The summed E-state index contributed by atoms with van der Waals surface area (Å²) in [6.45, 7) is 5.86. The lowest BCUT2D eigenvalue weighted by atomic mass is 9.46. The van der Waals surface area contributed by atoms with Gasteiger partial charge in [0.2, 0.25) is 0 Å². The summed E-state index contributed by atoms with van der Waals surface area (Å²) >= 11 is 0. The quantitative estimate of drug-likeness (QED) is 0.499. The number of aliphatic hydroxyl groups excluding tert-OH is 3. The van der Waals surface area contributed by atoms with Gasteiger partial charge in [0.05, 0.1) is 30.5 Å². The average molecular weight is 462 g/mol. The van der Waals surface area contributed by atoms with Crippen LogP contribution in [0.2, 0.25) is 0 Å². The van der Waals surface area contributed by atoms with Crippen molar-refractivity contribution in [2.75, 3.05) is 19.6 Å². The van der Waals surface area contributed by atoms with E-state index in [0.29, 0.717) is 45.1 Å². The van der Waals surface area contributed by atoms with Crippen LogP contribution in [0.5, 0.6) is 0 Å². The fourth-order valence-electron chi connectivity index (χ4n) is 8.29. The van der Waals surface area contributed by atoms with Gasteiger partial charge in [-0.3, -0.25) is 14.5 Å². The van der Waals surface area contributed by atoms with E-state index >= 15 is 0 Å². The smallest absolute Gasteiger partial charge is 0.159 e. The Morgan fingerprint density at radius 2 is 1.73 bits per heavy atom. The van der Waals surface area contributed by atoms with Gasteiger partial charge in [0.1, 0.15) is 0 Å². The third-order valence-corrected chi connectivity index (χ3v) is 10.4. The summed E-state index contributed by atoms with van der Waals surface area (Å²) in [5, 5.41) is 42.5. The molecule has 0 amide bonds. The van der Waals surface area contributed by atoms with E-state index in [2.05, 4.69) is 4.90 Å². The van der Waals surface area contributed by atoms with Crippen LogP contribution in [0.25, 0.3) is 0 Å². The molecule has 0 radical (unpaired) electrons. The van der Waals surface area contributed by atoms with E-state index in [1.165, 1.54) is 0 Å². The van der Waals surface area contributed by atoms with Crippen LogP contribution < -0.4 is 0 Å². The van der Waals surface area contributed by atoms with Gasteiger partial charge in [-0.05, 0) is 74.3 Å². The van der Waals surface area contributed by atoms with Crippen molar-refractivity contribution < 1.29 is 30.0 Å². The minimum atomic E-state index is -1.20. The minimum absolute atomic E-state index is 0.0298. The second-order valence-corrected chi connectivity index (χ2v) is 12.1. The Labute approximate surface area is 195 Å². The number of Topliss-reactive ketones (excluding diaryl/α,β-unsaturated/α-hetero) is 1. The van der Waals surface area contributed by atoms with Crippen molar-refractivity contribution in [2.24, 2.45) is 28.6 Å². The predicted molar refractivity (Wildman–Crippen MR) is 121 cm³/mol. The van der Waals surface area contributed by atoms with Gasteiger partial charge in [0, 0.05) is 30.3 Å². The monoisotopic (exact) mass is 461 g/mol. The molecule has 0 aromatic heterocycles. The molecule has 184 valence electrons. The Balaban J connectivity index is 1.41. The highest BCUT2D eigenvalue weighted by atomic mass is 16.3. The molecule has 4 fully saturated rings. The number of carbonyl (C=O) groups is 2. The number of nitrogens with zero attached hydrogens (tertiary/aromatic N) is 1. The summed E-state index contributed by atoms with van der Waals surface area (Å²) in [4.78, 5) is 28.8. The molecule has 7 heteroatoms. The van der Waals surface area contributed by atoms with Gasteiger partial charge in [-0.25, -0.2) is 0 Å². The van der Waals surface area contributed by atoms with Gasteiger partial charge >= 0.3 is 0 Å². The van der Waals surface area contributed by atoms with Crippen LogP contribution in [0.1, 0.15) is 65.2 Å². The third-order valence-electron chi connectivity index (χ3n) is 10.4. The number of hydrogen-bond acceptors (Lipinski definition) is 7. The zero-order valence-corrected chi connectivity index (χ0v) is 19.9. The van der Waals surface area contributed by atoms with Crippen LogP contribution in [0, 0.1) is 28.6 Å². The van der Waals surface area contributed by atoms with E-state index in [4.69, 9.17) is 0 Å². The highest BCUT2D eigenvalue weighted by Crippen LogP contribution is 2.67. The zero-order chi connectivity index (χ0) is 23.8. The lowest BCUT2D eigenvalue weighted by Gasteiger charge is -2.59. The van der Waals surface area contributed by atoms with Crippen molar-refractivity contribution in [3.63, 3.8) is 0 Å².